The van der Waals surface area contributed by atoms with Crippen LogP contribution in [0.1, 0.15) is 50.5 Å². The average molecular weight is 669 g/mol. The third kappa shape index (κ3) is 8.33. The molecule has 3 amide bonds. The molecule has 0 radical (unpaired) electrons. The monoisotopic (exact) mass is 668 g/mol. The quantitative estimate of drug-likeness (QED) is 0.382. The second-order valence-corrected chi connectivity index (χ2v) is 13.2. The number of nitrogens with zero attached hydrogens (tertiary/aromatic N) is 4. The molecule has 11 nitrogen and oxygen atoms in total. The Hall–Kier alpha value is -3.77. The minimum absolute atomic E-state index is 0.0320. The van der Waals surface area contributed by atoms with Crippen LogP contribution in [-0.2, 0) is 27.3 Å². The summed E-state index contributed by atoms with van der Waals surface area (Å²) in [4.78, 5) is 47.1. The van der Waals surface area contributed by atoms with E-state index in [0.717, 1.165) is 5.56 Å². The van der Waals surface area contributed by atoms with E-state index in [9.17, 15) is 14.4 Å². The van der Waals surface area contributed by atoms with Crippen LogP contribution in [-0.4, -0.2) is 81.7 Å². The van der Waals surface area contributed by atoms with Gasteiger partial charge in [0, 0.05) is 36.2 Å². The molecule has 0 unspecified atom stereocenters. The number of rotatable bonds is 7. The number of hydrogen-bond acceptors (Lipinski definition) is 8. The largest absolute Gasteiger partial charge is 0.486 e. The first-order valence-corrected chi connectivity index (χ1v) is 17.4. The number of nitrogens with one attached hydrogen (secondary N) is 2. The molecule has 0 fully saturated rings. The van der Waals surface area contributed by atoms with E-state index >= 15 is 0 Å². The molecule has 2 N–H and O–H groups in total. The Bertz CT molecular complexity index is 1530. The van der Waals surface area contributed by atoms with Gasteiger partial charge in [0.25, 0.3) is 0 Å². The first-order valence-electron chi connectivity index (χ1n) is 15.7. The van der Waals surface area contributed by atoms with Gasteiger partial charge in [-0.05, 0) is 42.4 Å². The maximum atomic E-state index is 13.8. The van der Waals surface area contributed by atoms with Crippen molar-refractivity contribution in [2.45, 2.75) is 58.2 Å². The zero-order valence-corrected chi connectivity index (χ0v) is 28.0. The van der Waals surface area contributed by atoms with Gasteiger partial charge in [0.15, 0.2) is 23.1 Å². The summed E-state index contributed by atoms with van der Waals surface area (Å²) in [6, 6.07) is 11.9. The Morgan fingerprint density at radius 3 is 2.52 bits per heavy atom. The summed E-state index contributed by atoms with van der Waals surface area (Å²) >= 11 is 8.18. The number of carbonyl (C=O) groups excluding carboxylic acids is 3. The maximum absolute atomic E-state index is 13.8. The van der Waals surface area contributed by atoms with Crippen molar-refractivity contribution in [3.05, 3.63) is 58.9 Å². The van der Waals surface area contributed by atoms with Crippen LogP contribution in [0.25, 0.3) is 11.4 Å². The molecule has 246 valence electrons. The summed E-state index contributed by atoms with van der Waals surface area (Å²) in [5.41, 5.74) is 1.49. The van der Waals surface area contributed by atoms with Crippen LogP contribution in [0.3, 0.4) is 0 Å². The van der Waals surface area contributed by atoms with Crippen LogP contribution in [0.15, 0.2) is 42.5 Å². The summed E-state index contributed by atoms with van der Waals surface area (Å²) in [6.07, 6.45) is 3.13. The third-order valence-corrected chi connectivity index (χ3v) is 9.05. The van der Waals surface area contributed by atoms with Crippen LogP contribution in [0.5, 0.6) is 11.5 Å². The fraction of sp³-hybridized carbons (Fsp3) is 0.485. The first kappa shape index (κ1) is 33.6. The summed E-state index contributed by atoms with van der Waals surface area (Å²) in [6.45, 7) is 5.91. The highest BCUT2D eigenvalue weighted by Crippen LogP contribution is 2.35. The van der Waals surface area contributed by atoms with E-state index in [2.05, 4.69) is 10.6 Å². The van der Waals surface area contributed by atoms with Crippen LogP contribution in [0.4, 0.5) is 0 Å². The van der Waals surface area contributed by atoms with Crippen molar-refractivity contribution in [1.29, 1.82) is 0 Å². The van der Waals surface area contributed by atoms with Gasteiger partial charge in [0.1, 0.15) is 19.3 Å². The maximum Gasteiger partial charge on any atom is 0.243 e. The highest BCUT2D eigenvalue weighted by atomic mass is 35.5. The first-order chi connectivity index (χ1) is 22.2. The summed E-state index contributed by atoms with van der Waals surface area (Å²) < 4.78 is 13.1. The molecule has 0 aliphatic carbocycles. The third-order valence-electron chi connectivity index (χ3n) is 8.06. The number of thioether (sulfide) groups is 1. The van der Waals surface area contributed by atoms with Crippen molar-refractivity contribution in [2.24, 2.45) is 5.92 Å². The molecule has 2 aromatic carbocycles. The summed E-state index contributed by atoms with van der Waals surface area (Å²) in [5, 5.41) is 11.4. The van der Waals surface area contributed by atoms with Gasteiger partial charge < -0.3 is 25.0 Å². The molecule has 0 spiro atoms. The lowest BCUT2D eigenvalue weighted by atomic mass is 10.0. The van der Waals surface area contributed by atoms with Crippen molar-refractivity contribution in [2.75, 3.05) is 38.3 Å². The van der Waals surface area contributed by atoms with Crippen LogP contribution < -0.4 is 20.1 Å². The lowest BCUT2D eigenvalue weighted by Gasteiger charge is -2.28. The number of aromatic nitrogens is 3. The molecule has 46 heavy (non-hydrogen) atoms. The van der Waals surface area contributed by atoms with Gasteiger partial charge in [-0.15, -0.1) is 0 Å². The molecular weight excluding hydrogens is 628 g/mol. The number of halogens is 1. The van der Waals surface area contributed by atoms with Crippen molar-refractivity contribution in [3.63, 3.8) is 0 Å². The molecule has 0 bridgehead atoms. The fourth-order valence-electron chi connectivity index (χ4n) is 5.54. The van der Waals surface area contributed by atoms with E-state index in [1.54, 1.807) is 33.5 Å². The zero-order chi connectivity index (χ0) is 32.6. The fourth-order valence-corrected chi connectivity index (χ4v) is 6.23. The van der Waals surface area contributed by atoms with Gasteiger partial charge >= 0.3 is 0 Å². The van der Waals surface area contributed by atoms with Gasteiger partial charge in [-0.2, -0.15) is 16.9 Å². The SMILES string of the molecule is CSCC[C@@H]1NC(=O)CCCN(C(=O)Cc2cc3c(cc2Cl)OCCO3)CCn2nc(-c3ccccc3)nc2[C@@H](C(C)C)NC1=O. The molecule has 2 atom stereocenters. The van der Waals surface area contributed by atoms with Crippen LogP contribution in [0.2, 0.25) is 5.02 Å². The highest BCUT2D eigenvalue weighted by molar-refractivity contribution is 7.98. The Kier molecular flexibility index (Phi) is 11.5. The predicted molar refractivity (Wildman–Crippen MR) is 178 cm³/mol. The van der Waals surface area contributed by atoms with E-state index < -0.39 is 12.1 Å². The normalized spacial score (nSPS) is 19.2. The molecule has 1 aromatic heterocycles. The molecule has 0 saturated heterocycles. The van der Waals surface area contributed by atoms with E-state index in [1.165, 1.54) is 0 Å². The molecule has 3 heterocycles. The number of carbonyl (C=O) groups is 3. The lowest BCUT2D eigenvalue weighted by Crippen LogP contribution is -2.49. The average Bonchev–Trinajstić information content (AvgIpc) is 3.47. The summed E-state index contributed by atoms with van der Waals surface area (Å²) in [5.74, 6) is 2.33. The molecule has 2 aliphatic heterocycles. The standard InChI is InChI=1S/C33H41ClN6O5S/c1-21(2)30-32-37-31(22-8-5-4-6-9-22)38-40(32)14-13-39(12-7-10-28(41)35-25(11-17-46-3)33(43)36-30)29(42)19-23-18-26-27(20-24(23)34)45-16-15-44-26/h4-6,8-9,18,20-21,25,30H,7,10-17,19H2,1-3H3,(H,35,41)(H,36,43)/t25-,30+/m0/s1. The zero-order valence-electron chi connectivity index (χ0n) is 26.5. The van der Waals surface area contributed by atoms with Crippen molar-refractivity contribution < 1.29 is 23.9 Å². The number of fused-ring (bicyclic) bond motifs is 2. The van der Waals surface area contributed by atoms with Crippen molar-refractivity contribution >= 4 is 41.1 Å². The van der Waals surface area contributed by atoms with Crippen LogP contribution in [0, 0.1) is 5.92 Å². The Morgan fingerprint density at radius 1 is 1.07 bits per heavy atom. The number of amides is 3. The number of hydrogen-bond donors (Lipinski definition) is 2. The van der Waals surface area contributed by atoms with Gasteiger partial charge in [-0.3, -0.25) is 14.4 Å². The molecular formula is C33H41ClN6O5S. The molecule has 3 aromatic rings. The van der Waals surface area contributed by atoms with Gasteiger partial charge in [-0.1, -0.05) is 55.8 Å². The number of benzene rings is 2. The molecule has 2 aliphatic rings. The second-order valence-electron chi connectivity index (χ2n) is 11.8. The lowest BCUT2D eigenvalue weighted by molar-refractivity contribution is -0.131. The van der Waals surface area contributed by atoms with E-state index in [4.69, 9.17) is 31.2 Å². The van der Waals surface area contributed by atoms with Gasteiger partial charge in [0.05, 0.1) is 19.0 Å². The smallest absolute Gasteiger partial charge is 0.243 e. The highest BCUT2D eigenvalue weighted by Gasteiger charge is 2.30. The minimum Gasteiger partial charge on any atom is -0.486 e. The number of ether oxygens (including phenoxy) is 2. The van der Waals surface area contributed by atoms with Gasteiger partial charge in [0.2, 0.25) is 17.7 Å². The van der Waals surface area contributed by atoms with E-state index in [1.807, 2.05) is 50.4 Å². The summed E-state index contributed by atoms with van der Waals surface area (Å²) in [7, 11) is 0. The van der Waals surface area contributed by atoms with Gasteiger partial charge in [-0.25, -0.2) is 9.67 Å². The van der Waals surface area contributed by atoms with E-state index in [-0.39, 0.29) is 36.5 Å². The van der Waals surface area contributed by atoms with E-state index in [0.29, 0.717) is 85.2 Å². The topological polar surface area (TPSA) is 128 Å². The predicted octanol–water partition coefficient (Wildman–Crippen LogP) is 4.29. The Balaban J connectivity index is 1.46. The second kappa shape index (κ2) is 15.7. The van der Waals surface area contributed by atoms with Crippen LogP contribution >= 0.6 is 23.4 Å². The molecule has 5 rings (SSSR count). The Morgan fingerprint density at radius 2 is 1.80 bits per heavy atom. The van der Waals surface area contributed by atoms with Crippen molar-refractivity contribution in [3.8, 4) is 22.9 Å². The van der Waals surface area contributed by atoms with Crippen molar-refractivity contribution in [1.82, 2.24) is 30.3 Å². The minimum atomic E-state index is -0.691. The molecule has 0 saturated carbocycles. The Labute approximate surface area is 278 Å². The molecule has 13 heteroatoms.